The van der Waals surface area contributed by atoms with Crippen molar-refractivity contribution in [2.45, 2.75) is 46.8 Å². The molecule has 1 atom stereocenters. The average molecular weight is 291 g/mol. The van der Waals surface area contributed by atoms with Gasteiger partial charge in [-0.1, -0.05) is 20.8 Å². The smallest absolute Gasteiger partial charge is 0.0748 e. The van der Waals surface area contributed by atoms with Gasteiger partial charge in [-0.05, 0) is 31.9 Å². The third kappa shape index (κ3) is 4.68. The van der Waals surface area contributed by atoms with Gasteiger partial charge in [-0.15, -0.1) is 0 Å². The highest BCUT2D eigenvalue weighted by atomic mass is 16.5. The Labute approximate surface area is 128 Å². The van der Waals surface area contributed by atoms with Gasteiger partial charge < -0.3 is 15.0 Å². The van der Waals surface area contributed by atoms with Crippen molar-refractivity contribution in [2.24, 2.45) is 5.92 Å². The molecule has 1 aliphatic heterocycles. The fraction of sp³-hybridized carbons (Fsp3) is 0.706. The highest BCUT2D eigenvalue weighted by Crippen LogP contribution is 2.24. The second-order valence-corrected chi connectivity index (χ2v) is 6.33. The van der Waals surface area contributed by atoms with E-state index in [4.69, 9.17) is 4.74 Å². The zero-order valence-corrected chi connectivity index (χ0v) is 13.9. The van der Waals surface area contributed by atoms with Crippen molar-refractivity contribution < 1.29 is 4.74 Å². The first-order chi connectivity index (χ1) is 10.1. The number of nitrogens with one attached hydrogen (secondary N) is 1. The average Bonchev–Trinajstić information content (AvgIpc) is 2.48. The first kappa shape index (κ1) is 16.2. The Hall–Kier alpha value is -1.13. The Kier molecular flexibility index (Phi) is 6.00. The van der Waals surface area contributed by atoms with Gasteiger partial charge in [0.15, 0.2) is 0 Å². The van der Waals surface area contributed by atoms with Crippen LogP contribution in [0.3, 0.4) is 0 Å². The molecule has 0 spiro atoms. The van der Waals surface area contributed by atoms with Gasteiger partial charge in [0.05, 0.1) is 12.7 Å². The van der Waals surface area contributed by atoms with Gasteiger partial charge in [-0.25, -0.2) is 0 Å². The van der Waals surface area contributed by atoms with Crippen LogP contribution in [0.25, 0.3) is 0 Å². The molecule has 2 rings (SSSR count). The summed E-state index contributed by atoms with van der Waals surface area (Å²) in [6.45, 7) is 13.4. The normalized spacial score (nSPS) is 19.3. The molecule has 0 aromatic carbocycles. The van der Waals surface area contributed by atoms with Crippen molar-refractivity contribution in [2.75, 3.05) is 31.1 Å². The summed E-state index contributed by atoms with van der Waals surface area (Å²) in [4.78, 5) is 6.93. The van der Waals surface area contributed by atoms with Crippen LogP contribution in [0, 0.1) is 12.8 Å². The summed E-state index contributed by atoms with van der Waals surface area (Å²) >= 11 is 0. The molecule has 1 aliphatic rings. The first-order valence-corrected chi connectivity index (χ1v) is 8.13. The fourth-order valence-corrected chi connectivity index (χ4v) is 2.68. The molecule has 0 aliphatic carbocycles. The summed E-state index contributed by atoms with van der Waals surface area (Å²) in [5.74, 6) is 0.666. The van der Waals surface area contributed by atoms with Gasteiger partial charge in [0.2, 0.25) is 0 Å². The Bertz CT molecular complexity index is 448. The Morgan fingerprint density at radius 2 is 2.29 bits per heavy atom. The van der Waals surface area contributed by atoms with Crippen LogP contribution in [-0.2, 0) is 11.3 Å². The van der Waals surface area contributed by atoms with Crippen LogP contribution in [-0.4, -0.2) is 37.3 Å². The number of rotatable bonds is 6. The van der Waals surface area contributed by atoms with Gasteiger partial charge in [0.1, 0.15) is 0 Å². The van der Waals surface area contributed by atoms with Crippen LogP contribution in [0.2, 0.25) is 0 Å². The lowest BCUT2D eigenvalue weighted by Crippen LogP contribution is -2.42. The number of nitrogens with zero attached hydrogens (tertiary/aromatic N) is 2. The predicted octanol–water partition coefficient (Wildman–Crippen LogP) is 2.75. The molecule has 1 aromatic heterocycles. The van der Waals surface area contributed by atoms with E-state index in [1.54, 1.807) is 0 Å². The van der Waals surface area contributed by atoms with E-state index in [9.17, 15) is 0 Å². The van der Waals surface area contributed by atoms with Crippen LogP contribution in [0.4, 0.5) is 5.69 Å². The summed E-state index contributed by atoms with van der Waals surface area (Å²) in [5, 5.41) is 3.53. The molecule has 0 amide bonds. The molecule has 0 saturated carbocycles. The molecule has 1 aromatic rings. The van der Waals surface area contributed by atoms with Gasteiger partial charge in [0.25, 0.3) is 0 Å². The Balaban J connectivity index is 2.10. The van der Waals surface area contributed by atoms with Crippen LogP contribution >= 0.6 is 0 Å². The largest absolute Gasteiger partial charge is 0.375 e. The molecule has 1 N–H and O–H groups in total. The summed E-state index contributed by atoms with van der Waals surface area (Å²) < 4.78 is 5.79. The number of aryl methyl sites for hydroxylation is 1. The maximum atomic E-state index is 5.79. The van der Waals surface area contributed by atoms with E-state index in [-0.39, 0.29) is 0 Å². The summed E-state index contributed by atoms with van der Waals surface area (Å²) in [7, 11) is 0. The van der Waals surface area contributed by atoms with Gasteiger partial charge in [-0.2, -0.15) is 0 Å². The zero-order chi connectivity index (χ0) is 15.2. The monoisotopic (exact) mass is 291 g/mol. The SMILES string of the molecule is CCC1CN(c2cc(C)ncc2CNCC(C)C)CCO1. The summed E-state index contributed by atoms with van der Waals surface area (Å²) in [6.07, 6.45) is 3.44. The van der Waals surface area contributed by atoms with E-state index in [0.717, 1.165) is 44.9 Å². The van der Waals surface area contributed by atoms with Crippen LogP contribution in [0.15, 0.2) is 12.3 Å². The van der Waals surface area contributed by atoms with Crippen molar-refractivity contribution in [3.63, 3.8) is 0 Å². The second kappa shape index (κ2) is 7.76. The number of morpholine rings is 1. The maximum Gasteiger partial charge on any atom is 0.0748 e. The number of pyridine rings is 1. The van der Waals surface area contributed by atoms with Crippen LogP contribution in [0.5, 0.6) is 0 Å². The quantitative estimate of drug-likeness (QED) is 0.874. The van der Waals surface area contributed by atoms with Crippen molar-refractivity contribution in [3.8, 4) is 0 Å². The maximum absolute atomic E-state index is 5.79. The van der Waals surface area contributed by atoms with Crippen molar-refractivity contribution >= 4 is 5.69 Å². The van der Waals surface area contributed by atoms with E-state index in [2.05, 4.69) is 49.0 Å². The highest BCUT2D eigenvalue weighted by Gasteiger charge is 2.21. The molecule has 4 heteroatoms. The van der Waals surface area contributed by atoms with E-state index < -0.39 is 0 Å². The van der Waals surface area contributed by atoms with E-state index in [1.807, 2.05) is 6.20 Å². The highest BCUT2D eigenvalue weighted by molar-refractivity contribution is 5.54. The van der Waals surface area contributed by atoms with Gasteiger partial charge in [-0.3, -0.25) is 4.98 Å². The number of hydrogen-bond acceptors (Lipinski definition) is 4. The lowest BCUT2D eigenvalue weighted by Gasteiger charge is -2.35. The molecule has 118 valence electrons. The third-order valence-electron chi connectivity index (χ3n) is 3.90. The lowest BCUT2D eigenvalue weighted by atomic mass is 10.1. The number of anilines is 1. The molecule has 4 nitrogen and oxygen atoms in total. The van der Waals surface area contributed by atoms with Crippen molar-refractivity contribution in [1.29, 1.82) is 0 Å². The molecule has 1 saturated heterocycles. The van der Waals surface area contributed by atoms with Crippen molar-refractivity contribution in [3.05, 3.63) is 23.5 Å². The van der Waals surface area contributed by atoms with Crippen LogP contribution < -0.4 is 10.2 Å². The number of ether oxygens (including phenoxy) is 1. The lowest BCUT2D eigenvalue weighted by molar-refractivity contribution is 0.0383. The molecular formula is C17H29N3O. The molecule has 0 bridgehead atoms. The zero-order valence-electron chi connectivity index (χ0n) is 13.9. The van der Waals surface area contributed by atoms with Crippen LogP contribution in [0.1, 0.15) is 38.4 Å². The fourth-order valence-electron chi connectivity index (χ4n) is 2.68. The van der Waals surface area contributed by atoms with E-state index in [1.165, 1.54) is 11.3 Å². The van der Waals surface area contributed by atoms with E-state index >= 15 is 0 Å². The van der Waals surface area contributed by atoms with Gasteiger partial charge in [0, 0.05) is 42.8 Å². The minimum Gasteiger partial charge on any atom is -0.375 e. The minimum absolute atomic E-state index is 0.351. The van der Waals surface area contributed by atoms with E-state index in [0.29, 0.717) is 12.0 Å². The first-order valence-electron chi connectivity index (χ1n) is 8.13. The Morgan fingerprint density at radius 3 is 3.00 bits per heavy atom. The molecule has 1 unspecified atom stereocenters. The topological polar surface area (TPSA) is 37.4 Å². The third-order valence-corrected chi connectivity index (χ3v) is 3.90. The predicted molar refractivity (Wildman–Crippen MR) is 87.8 cm³/mol. The molecule has 1 fully saturated rings. The second-order valence-electron chi connectivity index (χ2n) is 6.33. The molecule has 0 radical (unpaired) electrons. The van der Waals surface area contributed by atoms with Gasteiger partial charge >= 0.3 is 0 Å². The Morgan fingerprint density at radius 1 is 1.48 bits per heavy atom. The van der Waals surface area contributed by atoms with Crippen molar-refractivity contribution in [1.82, 2.24) is 10.3 Å². The molecule has 2 heterocycles. The standard InChI is InChI=1S/C17H29N3O/c1-5-16-12-20(6-7-21-16)17-8-14(4)19-11-15(17)10-18-9-13(2)3/h8,11,13,16,18H,5-7,9-10,12H2,1-4H3. The number of hydrogen-bond donors (Lipinski definition) is 1. The minimum atomic E-state index is 0.351. The summed E-state index contributed by atoms with van der Waals surface area (Å²) in [6, 6.07) is 2.21. The number of aromatic nitrogens is 1. The molecular weight excluding hydrogens is 262 g/mol. The molecule has 21 heavy (non-hydrogen) atoms. The summed E-state index contributed by atoms with van der Waals surface area (Å²) in [5.41, 5.74) is 3.69.